The van der Waals surface area contributed by atoms with Crippen LogP contribution >= 0.6 is 0 Å². The molecule has 1 atom stereocenters. The third kappa shape index (κ3) is 1.57. The molecule has 2 bridgehead atoms. The summed E-state index contributed by atoms with van der Waals surface area (Å²) in [4.78, 5) is 6.98. The molecule has 0 amide bonds. The van der Waals surface area contributed by atoms with Gasteiger partial charge in [0.15, 0.2) is 5.82 Å². The minimum Gasteiger partial charge on any atom is -0.339 e. The quantitative estimate of drug-likeness (QED) is 0.739. The molecule has 4 heteroatoms. The maximum atomic E-state index is 5.36. The molecule has 4 rings (SSSR count). The van der Waals surface area contributed by atoms with Gasteiger partial charge in [-0.1, -0.05) is 12.1 Å². The molecule has 1 unspecified atom stereocenters. The molecule has 0 spiro atoms. The van der Waals surface area contributed by atoms with Crippen LogP contribution in [0.25, 0.3) is 0 Å². The normalized spacial score (nSPS) is 34.6. The van der Waals surface area contributed by atoms with E-state index < -0.39 is 0 Å². The summed E-state index contributed by atoms with van der Waals surface area (Å²) in [5.74, 6) is 3.00. The highest BCUT2D eigenvalue weighted by Crippen LogP contribution is 2.38. The molecular weight excluding hydrogens is 190 g/mol. The average Bonchev–Trinajstić information content (AvgIpc) is 2.79. The lowest BCUT2D eigenvalue weighted by atomic mass is 9.79. The van der Waals surface area contributed by atoms with Gasteiger partial charge in [-0.2, -0.15) is 4.98 Å². The van der Waals surface area contributed by atoms with Gasteiger partial charge >= 0.3 is 1.43 Å². The molecule has 0 N–H and O–H groups in total. The molecule has 3 aliphatic rings. The Labute approximate surface area is 91.1 Å². The largest absolute Gasteiger partial charge is 1.00 e. The van der Waals surface area contributed by atoms with Crippen molar-refractivity contribution in [2.75, 3.05) is 19.6 Å². The predicted octanol–water partition coefficient (Wildman–Crippen LogP) is 1.55. The minimum absolute atomic E-state index is 0. The molecule has 1 aromatic heterocycles. The second-order valence-electron chi connectivity index (χ2n) is 4.65. The Morgan fingerprint density at radius 3 is 2.80 bits per heavy atom. The van der Waals surface area contributed by atoms with Gasteiger partial charge in [0.25, 0.3) is 0 Å². The van der Waals surface area contributed by atoms with Crippen molar-refractivity contribution in [1.29, 1.82) is 0 Å². The van der Waals surface area contributed by atoms with Crippen molar-refractivity contribution >= 4 is 0 Å². The maximum absolute atomic E-state index is 5.36. The van der Waals surface area contributed by atoms with E-state index in [1.807, 2.05) is 0 Å². The Bertz CT molecular complexity index is 347. The van der Waals surface area contributed by atoms with E-state index in [0.29, 0.717) is 5.92 Å². The standard InChI is InChI=1S/C11H17N3O/c1-2-10-12-11(15-13-10)9-7-14-5-3-8(9)4-6-14/h8-9H,2-7H2,1H3/p+1. The first-order chi connectivity index (χ1) is 7.36. The molecule has 0 aromatic carbocycles. The number of hydrogen-bond donors (Lipinski definition) is 0. The predicted molar refractivity (Wildman–Crippen MR) is 56.7 cm³/mol. The summed E-state index contributed by atoms with van der Waals surface area (Å²) in [7, 11) is 0. The van der Waals surface area contributed by atoms with Crippen LogP contribution in [0.4, 0.5) is 0 Å². The summed E-state index contributed by atoms with van der Waals surface area (Å²) in [6, 6.07) is 0. The maximum Gasteiger partial charge on any atom is 1.00 e. The molecule has 15 heavy (non-hydrogen) atoms. The molecular formula is C11H18N3O+. The second-order valence-corrected chi connectivity index (χ2v) is 4.65. The number of hydrogen-bond acceptors (Lipinski definition) is 4. The summed E-state index contributed by atoms with van der Waals surface area (Å²) >= 11 is 0. The Hall–Kier alpha value is -0.900. The summed E-state index contributed by atoms with van der Waals surface area (Å²) < 4.78 is 5.36. The average molecular weight is 208 g/mol. The van der Waals surface area contributed by atoms with Crippen LogP contribution in [-0.2, 0) is 6.42 Å². The van der Waals surface area contributed by atoms with E-state index in [2.05, 4.69) is 22.0 Å². The number of aromatic nitrogens is 2. The van der Waals surface area contributed by atoms with Crippen LogP contribution in [0.1, 0.15) is 38.8 Å². The van der Waals surface area contributed by atoms with Crippen LogP contribution in [0.5, 0.6) is 0 Å². The summed E-state index contributed by atoms with van der Waals surface area (Å²) in [6.07, 6.45) is 3.47. The summed E-state index contributed by atoms with van der Waals surface area (Å²) in [5.41, 5.74) is 0. The Morgan fingerprint density at radius 2 is 2.27 bits per heavy atom. The van der Waals surface area contributed by atoms with Gasteiger partial charge in [0.1, 0.15) is 0 Å². The van der Waals surface area contributed by atoms with Crippen LogP contribution in [-0.4, -0.2) is 34.7 Å². The highest BCUT2D eigenvalue weighted by Gasteiger charge is 2.37. The number of aryl methyl sites for hydroxylation is 1. The van der Waals surface area contributed by atoms with Gasteiger partial charge in [-0.05, 0) is 31.8 Å². The van der Waals surface area contributed by atoms with Crippen LogP contribution in [0.2, 0.25) is 0 Å². The van der Waals surface area contributed by atoms with Crippen molar-refractivity contribution in [2.45, 2.75) is 32.1 Å². The van der Waals surface area contributed by atoms with E-state index >= 15 is 0 Å². The van der Waals surface area contributed by atoms with Crippen LogP contribution < -0.4 is 0 Å². The first-order valence-electron chi connectivity index (χ1n) is 5.91. The van der Waals surface area contributed by atoms with E-state index in [9.17, 15) is 0 Å². The zero-order chi connectivity index (χ0) is 10.3. The topological polar surface area (TPSA) is 42.2 Å². The first kappa shape index (κ1) is 9.33. The molecule has 82 valence electrons. The molecule has 1 aromatic rings. The van der Waals surface area contributed by atoms with E-state index in [0.717, 1.165) is 30.6 Å². The van der Waals surface area contributed by atoms with E-state index in [1.165, 1.54) is 25.9 Å². The monoisotopic (exact) mass is 208 g/mol. The molecule has 3 aliphatic heterocycles. The molecule has 3 saturated heterocycles. The highest BCUT2D eigenvalue weighted by atomic mass is 16.5. The van der Waals surface area contributed by atoms with Gasteiger partial charge < -0.3 is 9.42 Å². The van der Waals surface area contributed by atoms with E-state index in [1.54, 1.807) is 0 Å². The smallest absolute Gasteiger partial charge is 0.339 e. The fourth-order valence-corrected chi connectivity index (χ4v) is 2.81. The fraction of sp³-hybridized carbons (Fsp3) is 0.818. The molecule has 3 fully saturated rings. The van der Waals surface area contributed by atoms with Crippen molar-refractivity contribution in [2.24, 2.45) is 5.92 Å². The zero-order valence-corrected chi connectivity index (χ0v) is 9.15. The minimum atomic E-state index is 0. The lowest BCUT2D eigenvalue weighted by Gasteiger charge is -2.43. The van der Waals surface area contributed by atoms with Crippen molar-refractivity contribution in [3.05, 3.63) is 11.7 Å². The Balaban J connectivity index is 0.000000963. The third-order valence-electron chi connectivity index (χ3n) is 3.77. The van der Waals surface area contributed by atoms with E-state index in [-0.39, 0.29) is 1.43 Å². The number of nitrogens with zero attached hydrogens (tertiary/aromatic N) is 3. The fourth-order valence-electron chi connectivity index (χ4n) is 2.81. The third-order valence-corrected chi connectivity index (χ3v) is 3.77. The highest BCUT2D eigenvalue weighted by molar-refractivity contribution is 5.03. The van der Waals surface area contributed by atoms with Crippen LogP contribution in [0.3, 0.4) is 0 Å². The summed E-state index contributed by atoms with van der Waals surface area (Å²) in [5, 5.41) is 3.99. The first-order valence-corrected chi connectivity index (χ1v) is 5.91. The van der Waals surface area contributed by atoms with Crippen molar-refractivity contribution in [1.82, 2.24) is 15.0 Å². The van der Waals surface area contributed by atoms with Gasteiger partial charge in [0.2, 0.25) is 5.89 Å². The van der Waals surface area contributed by atoms with Gasteiger partial charge in [-0.3, -0.25) is 0 Å². The lowest BCUT2D eigenvalue weighted by Crippen LogP contribution is -2.46. The van der Waals surface area contributed by atoms with Gasteiger partial charge in [-0.25, -0.2) is 0 Å². The Kier molecular flexibility index (Phi) is 2.24. The zero-order valence-electron chi connectivity index (χ0n) is 10.1. The number of fused-ring (bicyclic) bond motifs is 3. The lowest BCUT2D eigenvalue weighted by molar-refractivity contribution is 0.0727. The molecule has 0 saturated carbocycles. The van der Waals surface area contributed by atoms with Crippen molar-refractivity contribution in [3.63, 3.8) is 0 Å². The molecule has 0 aliphatic carbocycles. The molecule has 0 radical (unpaired) electrons. The van der Waals surface area contributed by atoms with Gasteiger partial charge in [-0.15, -0.1) is 0 Å². The SMILES string of the molecule is CCc1noc(C2CN3CCC2CC3)n1.[H+]. The molecule has 4 heterocycles. The van der Waals surface area contributed by atoms with Gasteiger partial charge in [0.05, 0.1) is 5.92 Å². The van der Waals surface area contributed by atoms with Crippen molar-refractivity contribution in [3.8, 4) is 0 Å². The van der Waals surface area contributed by atoms with Crippen LogP contribution in [0.15, 0.2) is 4.52 Å². The second kappa shape index (κ2) is 3.59. The Morgan fingerprint density at radius 1 is 1.47 bits per heavy atom. The van der Waals surface area contributed by atoms with Gasteiger partial charge in [0, 0.05) is 13.0 Å². The van der Waals surface area contributed by atoms with E-state index in [4.69, 9.17) is 4.52 Å². The van der Waals surface area contributed by atoms with Crippen LogP contribution in [0, 0.1) is 5.92 Å². The number of rotatable bonds is 2. The molecule has 4 nitrogen and oxygen atoms in total. The van der Waals surface area contributed by atoms with Crippen molar-refractivity contribution < 1.29 is 5.95 Å². The number of piperidine rings is 3. The summed E-state index contributed by atoms with van der Waals surface area (Å²) in [6.45, 7) is 5.70.